The molecule has 2 fully saturated rings. The van der Waals surface area contributed by atoms with Gasteiger partial charge in [-0.15, -0.1) is 0 Å². The summed E-state index contributed by atoms with van der Waals surface area (Å²) in [4.78, 5) is 0. The molecule has 1 unspecified atom stereocenters. The number of nitrogens with one attached hydrogen (secondary N) is 2. The summed E-state index contributed by atoms with van der Waals surface area (Å²) in [5, 5.41) is 11.0. The van der Waals surface area contributed by atoms with Gasteiger partial charge in [0, 0.05) is 12.0 Å². The van der Waals surface area contributed by atoms with Crippen molar-refractivity contribution in [1.29, 1.82) is 5.41 Å². The lowest BCUT2D eigenvalue weighted by atomic mass is 9.79. The fraction of sp³-hybridized carbons (Fsp3) is 0.900. The first-order valence-electron chi connectivity index (χ1n) is 4.73. The highest BCUT2D eigenvalue weighted by atomic mass is 15.1. The Morgan fingerprint density at radius 2 is 2.00 bits per heavy atom. The maximum atomic E-state index is 7.71. The standard InChI is InChI=1S/C10H18N2/c1-6-8-9(2,3)5-7(11)12-10(6,8)4/h6,8H,5H2,1-4H3,(H2,11,12)/t6?,8-,10+/m0/s1. The van der Waals surface area contributed by atoms with Crippen LogP contribution in [0.3, 0.4) is 0 Å². The SMILES string of the molecule is CC1[C@H]2C(C)(C)CC(=N)N[C@]12C. The normalized spacial score (nSPS) is 49.5. The zero-order valence-electron chi connectivity index (χ0n) is 8.36. The lowest BCUT2D eigenvalue weighted by Crippen LogP contribution is -2.45. The largest absolute Gasteiger partial charge is 0.368 e. The number of hydrogen-bond acceptors (Lipinski definition) is 1. The number of fused-ring (bicyclic) bond motifs is 1. The fourth-order valence-electron chi connectivity index (χ4n) is 3.34. The molecular formula is C10H18N2. The molecule has 0 amide bonds. The third-order valence-electron chi connectivity index (χ3n) is 3.88. The van der Waals surface area contributed by atoms with Crippen LogP contribution in [-0.2, 0) is 0 Å². The van der Waals surface area contributed by atoms with Crippen molar-refractivity contribution in [2.24, 2.45) is 17.3 Å². The van der Waals surface area contributed by atoms with Crippen molar-refractivity contribution >= 4 is 5.84 Å². The molecule has 0 radical (unpaired) electrons. The maximum absolute atomic E-state index is 7.71. The van der Waals surface area contributed by atoms with Gasteiger partial charge in [0.05, 0.1) is 5.84 Å². The number of amidine groups is 1. The predicted octanol–water partition coefficient (Wildman–Crippen LogP) is 2.01. The monoisotopic (exact) mass is 166 g/mol. The lowest BCUT2D eigenvalue weighted by molar-refractivity contribution is 0.262. The van der Waals surface area contributed by atoms with E-state index in [-0.39, 0.29) is 5.54 Å². The van der Waals surface area contributed by atoms with Gasteiger partial charge in [0.15, 0.2) is 0 Å². The van der Waals surface area contributed by atoms with Crippen molar-refractivity contribution in [3.63, 3.8) is 0 Å². The second kappa shape index (κ2) is 1.86. The molecule has 0 aromatic rings. The van der Waals surface area contributed by atoms with Crippen LogP contribution in [0.15, 0.2) is 0 Å². The van der Waals surface area contributed by atoms with Gasteiger partial charge in [0.25, 0.3) is 0 Å². The molecular weight excluding hydrogens is 148 g/mol. The van der Waals surface area contributed by atoms with Crippen molar-refractivity contribution in [2.75, 3.05) is 0 Å². The number of rotatable bonds is 0. The summed E-state index contributed by atoms with van der Waals surface area (Å²) >= 11 is 0. The lowest BCUT2D eigenvalue weighted by Gasteiger charge is -2.34. The van der Waals surface area contributed by atoms with Crippen LogP contribution < -0.4 is 5.32 Å². The smallest absolute Gasteiger partial charge is 0.0941 e. The van der Waals surface area contributed by atoms with E-state index in [9.17, 15) is 0 Å². The average Bonchev–Trinajstić information content (AvgIpc) is 2.31. The molecule has 1 aliphatic carbocycles. The third kappa shape index (κ3) is 0.782. The van der Waals surface area contributed by atoms with E-state index in [1.165, 1.54) is 0 Å². The Morgan fingerprint density at radius 1 is 1.42 bits per heavy atom. The summed E-state index contributed by atoms with van der Waals surface area (Å²) in [6.45, 7) is 9.11. The van der Waals surface area contributed by atoms with Gasteiger partial charge in [-0.05, 0) is 24.2 Å². The average molecular weight is 166 g/mol. The van der Waals surface area contributed by atoms with Gasteiger partial charge in [-0.1, -0.05) is 20.8 Å². The topological polar surface area (TPSA) is 35.9 Å². The summed E-state index contributed by atoms with van der Waals surface area (Å²) in [6, 6.07) is 0. The molecule has 2 N–H and O–H groups in total. The summed E-state index contributed by atoms with van der Waals surface area (Å²) < 4.78 is 0. The molecule has 0 aromatic heterocycles. The van der Waals surface area contributed by atoms with Crippen molar-refractivity contribution < 1.29 is 0 Å². The second-order valence-corrected chi connectivity index (χ2v) is 5.32. The fourth-order valence-corrected chi connectivity index (χ4v) is 3.34. The van der Waals surface area contributed by atoms with Crippen LogP contribution in [0.5, 0.6) is 0 Å². The Labute approximate surface area is 74.2 Å². The molecule has 1 saturated carbocycles. The van der Waals surface area contributed by atoms with E-state index in [4.69, 9.17) is 5.41 Å². The van der Waals surface area contributed by atoms with Gasteiger partial charge in [0.1, 0.15) is 0 Å². The highest BCUT2D eigenvalue weighted by Crippen LogP contribution is 2.62. The van der Waals surface area contributed by atoms with E-state index in [2.05, 4.69) is 33.0 Å². The molecule has 3 atom stereocenters. The van der Waals surface area contributed by atoms with Crippen molar-refractivity contribution in [3.05, 3.63) is 0 Å². The van der Waals surface area contributed by atoms with Crippen LogP contribution >= 0.6 is 0 Å². The summed E-state index contributed by atoms with van der Waals surface area (Å²) in [5.74, 6) is 2.22. The van der Waals surface area contributed by atoms with Crippen molar-refractivity contribution in [1.82, 2.24) is 5.32 Å². The maximum Gasteiger partial charge on any atom is 0.0941 e. The molecule has 1 saturated heterocycles. The van der Waals surface area contributed by atoms with E-state index in [0.29, 0.717) is 5.41 Å². The molecule has 0 bridgehead atoms. The Balaban J connectivity index is 2.29. The van der Waals surface area contributed by atoms with Gasteiger partial charge >= 0.3 is 0 Å². The van der Waals surface area contributed by atoms with Crippen LogP contribution in [0.1, 0.15) is 34.1 Å². The Bertz CT molecular complexity index is 229. The second-order valence-electron chi connectivity index (χ2n) is 5.32. The summed E-state index contributed by atoms with van der Waals surface area (Å²) in [5.41, 5.74) is 0.565. The van der Waals surface area contributed by atoms with Gasteiger partial charge in [-0.2, -0.15) is 0 Å². The Kier molecular flexibility index (Phi) is 1.25. The molecule has 68 valence electrons. The van der Waals surface area contributed by atoms with E-state index >= 15 is 0 Å². The van der Waals surface area contributed by atoms with Crippen molar-refractivity contribution in [2.45, 2.75) is 39.7 Å². The molecule has 2 aliphatic rings. The minimum absolute atomic E-state index is 0.235. The quantitative estimate of drug-likeness (QED) is 0.567. The van der Waals surface area contributed by atoms with E-state index in [1.54, 1.807) is 0 Å². The van der Waals surface area contributed by atoms with E-state index < -0.39 is 0 Å². The van der Waals surface area contributed by atoms with Gasteiger partial charge < -0.3 is 5.32 Å². The van der Waals surface area contributed by atoms with Gasteiger partial charge in [-0.25, -0.2) is 0 Å². The first-order valence-corrected chi connectivity index (χ1v) is 4.73. The molecule has 2 rings (SSSR count). The molecule has 0 spiro atoms. The molecule has 12 heavy (non-hydrogen) atoms. The number of hydrogen-bond donors (Lipinski definition) is 2. The predicted molar refractivity (Wildman–Crippen MR) is 50.3 cm³/mol. The highest BCUT2D eigenvalue weighted by Gasteiger charge is 2.66. The van der Waals surface area contributed by atoms with Crippen LogP contribution in [0.4, 0.5) is 0 Å². The molecule has 1 heterocycles. The zero-order chi connectivity index (χ0) is 9.15. The Hall–Kier alpha value is -0.530. The third-order valence-corrected chi connectivity index (χ3v) is 3.88. The zero-order valence-corrected chi connectivity index (χ0v) is 8.36. The Morgan fingerprint density at radius 3 is 2.50 bits per heavy atom. The minimum atomic E-state index is 0.235. The molecule has 1 aliphatic heterocycles. The molecule has 2 heteroatoms. The first-order chi connectivity index (χ1) is 5.38. The van der Waals surface area contributed by atoms with Gasteiger partial charge in [0.2, 0.25) is 0 Å². The van der Waals surface area contributed by atoms with Crippen LogP contribution in [0.2, 0.25) is 0 Å². The summed E-state index contributed by atoms with van der Waals surface area (Å²) in [7, 11) is 0. The number of piperidine rings is 1. The van der Waals surface area contributed by atoms with Crippen molar-refractivity contribution in [3.8, 4) is 0 Å². The first kappa shape index (κ1) is 8.09. The van der Waals surface area contributed by atoms with E-state index in [1.807, 2.05) is 0 Å². The minimum Gasteiger partial charge on any atom is -0.368 e. The summed E-state index contributed by atoms with van der Waals surface area (Å²) in [6.07, 6.45) is 0.914. The van der Waals surface area contributed by atoms with E-state index in [0.717, 1.165) is 24.1 Å². The molecule has 0 aromatic carbocycles. The van der Waals surface area contributed by atoms with Gasteiger partial charge in [-0.3, -0.25) is 5.41 Å². The highest BCUT2D eigenvalue weighted by molar-refractivity contribution is 5.82. The van der Waals surface area contributed by atoms with Crippen LogP contribution in [0, 0.1) is 22.7 Å². The van der Waals surface area contributed by atoms with Crippen LogP contribution in [0.25, 0.3) is 0 Å². The molecule has 2 nitrogen and oxygen atoms in total. The van der Waals surface area contributed by atoms with Crippen LogP contribution in [-0.4, -0.2) is 11.4 Å².